The summed E-state index contributed by atoms with van der Waals surface area (Å²) >= 11 is 1.48. The molecular weight excluding hydrogens is 308 g/mol. The highest BCUT2D eigenvalue weighted by Gasteiger charge is 2.22. The molecule has 0 saturated carbocycles. The van der Waals surface area contributed by atoms with Crippen LogP contribution in [0.3, 0.4) is 0 Å². The Bertz CT molecular complexity index is 660. The Morgan fingerprint density at radius 2 is 2.14 bits per heavy atom. The monoisotopic (exact) mass is 328 g/mol. The van der Waals surface area contributed by atoms with Crippen molar-refractivity contribution < 1.29 is 12.8 Å². The van der Waals surface area contributed by atoms with Crippen molar-refractivity contribution in [1.29, 1.82) is 0 Å². The van der Waals surface area contributed by atoms with E-state index in [9.17, 15) is 8.42 Å². The summed E-state index contributed by atoms with van der Waals surface area (Å²) in [7, 11) is -3.51. The van der Waals surface area contributed by atoms with Gasteiger partial charge in [-0.05, 0) is 36.9 Å². The molecule has 21 heavy (non-hydrogen) atoms. The predicted molar refractivity (Wildman–Crippen MR) is 83.8 cm³/mol. The van der Waals surface area contributed by atoms with Crippen LogP contribution in [0.2, 0.25) is 0 Å². The fourth-order valence-corrected chi connectivity index (χ4v) is 4.79. The number of hydrogen-bond donors (Lipinski definition) is 2. The lowest BCUT2D eigenvalue weighted by Gasteiger charge is -2.09. The Morgan fingerprint density at radius 1 is 1.33 bits per heavy atom. The number of furan rings is 1. The lowest BCUT2D eigenvalue weighted by atomic mass is 10.3. The Kier molecular flexibility index (Phi) is 5.58. The molecule has 7 heteroatoms. The number of sulfonamides is 1. The van der Waals surface area contributed by atoms with Gasteiger partial charge in [0, 0.05) is 23.5 Å². The van der Waals surface area contributed by atoms with E-state index in [1.807, 2.05) is 12.3 Å². The second-order valence-electron chi connectivity index (χ2n) is 4.80. The van der Waals surface area contributed by atoms with Crippen LogP contribution < -0.4 is 10.0 Å². The van der Waals surface area contributed by atoms with Crippen molar-refractivity contribution in [3.63, 3.8) is 0 Å². The third-order valence-corrected chi connectivity index (χ3v) is 5.88. The average molecular weight is 328 g/mol. The molecule has 2 rings (SSSR count). The summed E-state index contributed by atoms with van der Waals surface area (Å²) in [4.78, 5) is 1.25. The third-order valence-electron chi connectivity index (χ3n) is 3.02. The molecule has 0 aromatic carbocycles. The van der Waals surface area contributed by atoms with E-state index in [0.29, 0.717) is 11.4 Å². The first kappa shape index (κ1) is 16.2. The molecule has 2 aromatic rings. The summed E-state index contributed by atoms with van der Waals surface area (Å²) in [6.45, 7) is 5.59. The molecule has 0 aliphatic rings. The quantitative estimate of drug-likeness (QED) is 0.731. The summed E-state index contributed by atoms with van der Waals surface area (Å²) < 4.78 is 32.6. The van der Waals surface area contributed by atoms with E-state index in [-0.39, 0.29) is 6.54 Å². The van der Waals surface area contributed by atoms with Crippen molar-refractivity contribution in [3.8, 4) is 0 Å². The van der Waals surface area contributed by atoms with E-state index in [0.717, 1.165) is 29.0 Å². The summed E-state index contributed by atoms with van der Waals surface area (Å²) in [5.74, 6) is 0. The number of aryl methyl sites for hydroxylation is 1. The Labute approximate surface area is 129 Å². The molecule has 2 N–H and O–H groups in total. The van der Waals surface area contributed by atoms with Crippen molar-refractivity contribution in [2.24, 2.45) is 0 Å². The van der Waals surface area contributed by atoms with Crippen LogP contribution >= 0.6 is 11.3 Å². The molecule has 116 valence electrons. The van der Waals surface area contributed by atoms with E-state index >= 15 is 0 Å². The zero-order valence-electron chi connectivity index (χ0n) is 12.2. The Hall–Kier alpha value is -1.15. The van der Waals surface area contributed by atoms with Gasteiger partial charge < -0.3 is 9.73 Å². The highest BCUT2D eigenvalue weighted by Crippen LogP contribution is 2.26. The zero-order valence-corrected chi connectivity index (χ0v) is 13.8. The molecule has 0 bridgehead atoms. The highest BCUT2D eigenvalue weighted by atomic mass is 32.2. The van der Waals surface area contributed by atoms with Crippen LogP contribution in [-0.2, 0) is 23.1 Å². The molecule has 0 radical (unpaired) electrons. The second-order valence-corrected chi connectivity index (χ2v) is 7.47. The van der Waals surface area contributed by atoms with Gasteiger partial charge in [-0.15, -0.1) is 11.3 Å². The molecule has 0 atom stereocenters. The first-order valence-electron chi connectivity index (χ1n) is 6.83. The number of rotatable bonds is 8. The normalized spacial score (nSPS) is 11.9. The van der Waals surface area contributed by atoms with Crippen LogP contribution in [0.1, 0.15) is 29.3 Å². The minimum atomic E-state index is -3.51. The summed E-state index contributed by atoms with van der Waals surface area (Å²) in [5.41, 5.74) is 1.59. The third kappa shape index (κ3) is 4.16. The number of nitrogens with one attached hydrogen (secondary N) is 2. The summed E-state index contributed by atoms with van der Waals surface area (Å²) in [5, 5.41) is 5.13. The van der Waals surface area contributed by atoms with Gasteiger partial charge in [-0.1, -0.05) is 6.92 Å². The van der Waals surface area contributed by atoms with Gasteiger partial charge >= 0.3 is 0 Å². The van der Waals surface area contributed by atoms with E-state index in [1.54, 1.807) is 6.07 Å². The van der Waals surface area contributed by atoms with Gasteiger partial charge in [-0.2, -0.15) is 0 Å². The number of thiophene rings is 1. The number of hydrogen-bond acceptors (Lipinski definition) is 5. The van der Waals surface area contributed by atoms with Gasteiger partial charge in [-0.25, -0.2) is 13.1 Å². The lowest BCUT2D eigenvalue weighted by Crippen LogP contribution is -2.25. The predicted octanol–water partition coefficient (Wildman–Crippen LogP) is 2.63. The zero-order chi connectivity index (χ0) is 15.3. The molecule has 2 heterocycles. The maximum atomic E-state index is 12.5. The van der Waals surface area contributed by atoms with E-state index in [4.69, 9.17) is 4.42 Å². The van der Waals surface area contributed by atoms with Crippen molar-refractivity contribution >= 4 is 21.4 Å². The van der Waals surface area contributed by atoms with Gasteiger partial charge in [0.05, 0.1) is 12.5 Å². The Morgan fingerprint density at radius 3 is 2.81 bits per heavy atom. The van der Waals surface area contributed by atoms with Gasteiger partial charge in [0.15, 0.2) is 0 Å². The van der Waals surface area contributed by atoms with E-state index in [1.165, 1.54) is 23.9 Å². The van der Waals surface area contributed by atoms with Crippen LogP contribution in [-0.4, -0.2) is 15.0 Å². The molecule has 5 nitrogen and oxygen atoms in total. The fourth-order valence-electron chi connectivity index (χ4n) is 1.99. The molecule has 0 aliphatic heterocycles. The first-order chi connectivity index (χ1) is 10.0. The minimum absolute atomic E-state index is 0.232. The van der Waals surface area contributed by atoms with Gasteiger partial charge in [0.2, 0.25) is 10.0 Å². The topological polar surface area (TPSA) is 71.3 Å². The molecule has 0 unspecified atom stereocenters. The fraction of sp³-hybridized carbons (Fsp3) is 0.429. The van der Waals surface area contributed by atoms with Crippen molar-refractivity contribution in [3.05, 3.63) is 40.0 Å². The van der Waals surface area contributed by atoms with Gasteiger partial charge in [-0.3, -0.25) is 0 Å². The standard InChI is InChI=1S/C14H20N2O3S2/c1-3-5-15-8-13-14(11(2)10-20-13)21(17,18)16-7-12-4-6-19-9-12/h4,6,9-10,15-16H,3,5,7-8H2,1-2H3. The van der Waals surface area contributed by atoms with E-state index < -0.39 is 10.0 Å². The Balaban J connectivity index is 2.13. The molecule has 0 spiro atoms. The minimum Gasteiger partial charge on any atom is -0.472 e. The van der Waals surface area contributed by atoms with Crippen molar-refractivity contribution in [2.45, 2.75) is 38.3 Å². The molecule has 2 aromatic heterocycles. The maximum absolute atomic E-state index is 12.5. The smallest absolute Gasteiger partial charge is 0.242 e. The SMILES string of the molecule is CCCNCc1scc(C)c1S(=O)(=O)NCc1ccoc1. The summed E-state index contributed by atoms with van der Waals surface area (Å²) in [6.07, 6.45) is 4.08. The maximum Gasteiger partial charge on any atom is 0.242 e. The van der Waals surface area contributed by atoms with Crippen molar-refractivity contribution in [1.82, 2.24) is 10.0 Å². The molecule has 0 fully saturated rings. The van der Waals surface area contributed by atoms with Gasteiger partial charge in [0.1, 0.15) is 4.90 Å². The van der Waals surface area contributed by atoms with Crippen LogP contribution in [0.5, 0.6) is 0 Å². The van der Waals surface area contributed by atoms with Crippen LogP contribution in [0, 0.1) is 6.92 Å². The van der Waals surface area contributed by atoms with Crippen LogP contribution in [0.25, 0.3) is 0 Å². The molecule has 0 aliphatic carbocycles. The molecular formula is C14H20N2O3S2. The molecule has 0 amide bonds. The highest BCUT2D eigenvalue weighted by molar-refractivity contribution is 7.89. The second kappa shape index (κ2) is 7.22. The lowest BCUT2D eigenvalue weighted by molar-refractivity contribution is 0.561. The largest absolute Gasteiger partial charge is 0.472 e. The van der Waals surface area contributed by atoms with Gasteiger partial charge in [0.25, 0.3) is 0 Å². The molecule has 0 saturated heterocycles. The van der Waals surface area contributed by atoms with E-state index in [2.05, 4.69) is 17.0 Å². The summed E-state index contributed by atoms with van der Waals surface area (Å²) in [6, 6.07) is 1.74. The van der Waals surface area contributed by atoms with Crippen molar-refractivity contribution in [2.75, 3.05) is 6.54 Å². The van der Waals surface area contributed by atoms with Crippen LogP contribution in [0.4, 0.5) is 0 Å². The van der Waals surface area contributed by atoms with Crippen LogP contribution in [0.15, 0.2) is 33.3 Å². The first-order valence-corrected chi connectivity index (χ1v) is 9.19. The average Bonchev–Trinajstić information content (AvgIpc) is 3.07.